The summed E-state index contributed by atoms with van der Waals surface area (Å²) < 4.78 is 12.3. The van der Waals surface area contributed by atoms with E-state index in [1.807, 2.05) is 38.1 Å². The lowest BCUT2D eigenvalue weighted by Crippen LogP contribution is -2.28. The van der Waals surface area contributed by atoms with Gasteiger partial charge < -0.3 is 18.8 Å². The summed E-state index contributed by atoms with van der Waals surface area (Å²) >= 11 is 0. The van der Waals surface area contributed by atoms with Crippen molar-refractivity contribution in [2.45, 2.75) is 26.9 Å². The smallest absolute Gasteiger partial charge is 0.263 e. The molecule has 9 heteroatoms. The van der Waals surface area contributed by atoms with E-state index in [2.05, 4.69) is 20.4 Å². The molecule has 9 nitrogen and oxygen atoms in total. The molecule has 0 spiro atoms. The van der Waals surface area contributed by atoms with Crippen molar-refractivity contribution in [1.29, 1.82) is 0 Å². The SMILES string of the molecule is Cc1ccc2c(=O)c(-c3nc(-c4ccccc4C)no3)cn(CC(=O)NCc3ccco3)c2n1. The Hall–Kier alpha value is -4.53. The first kappa shape index (κ1) is 21.3. The summed E-state index contributed by atoms with van der Waals surface area (Å²) in [6.45, 7) is 3.97. The van der Waals surface area contributed by atoms with Gasteiger partial charge >= 0.3 is 0 Å². The lowest BCUT2D eigenvalue weighted by Gasteiger charge is -2.12. The highest BCUT2D eigenvalue weighted by Crippen LogP contribution is 2.24. The third-order valence-electron chi connectivity index (χ3n) is 5.46. The number of pyridine rings is 2. The number of amides is 1. The Bertz CT molecular complexity index is 1550. The van der Waals surface area contributed by atoms with Crippen LogP contribution in [0.3, 0.4) is 0 Å². The van der Waals surface area contributed by atoms with E-state index in [-0.39, 0.29) is 35.9 Å². The number of hydrogen-bond acceptors (Lipinski definition) is 7. The van der Waals surface area contributed by atoms with Crippen LogP contribution in [0.4, 0.5) is 0 Å². The Balaban J connectivity index is 1.54. The average Bonchev–Trinajstić information content (AvgIpc) is 3.52. The largest absolute Gasteiger partial charge is 0.467 e. The number of benzene rings is 1. The zero-order valence-electron chi connectivity index (χ0n) is 18.6. The lowest BCUT2D eigenvalue weighted by molar-refractivity contribution is -0.121. The molecule has 34 heavy (non-hydrogen) atoms. The second-order valence-electron chi connectivity index (χ2n) is 7.92. The van der Waals surface area contributed by atoms with E-state index in [0.717, 1.165) is 16.8 Å². The normalized spacial score (nSPS) is 11.1. The summed E-state index contributed by atoms with van der Waals surface area (Å²) in [7, 11) is 0. The monoisotopic (exact) mass is 455 g/mol. The van der Waals surface area contributed by atoms with Crippen molar-refractivity contribution in [2.75, 3.05) is 0 Å². The van der Waals surface area contributed by atoms with Gasteiger partial charge in [-0.2, -0.15) is 4.98 Å². The van der Waals surface area contributed by atoms with Gasteiger partial charge in [0, 0.05) is 17.5 Å². The summed E-state index contributed by atoms with van der Waals surface area (Å²) in [6.07, 6.45) is 3.09. The van der Waals surface area contributed by atoms with Gasteiger partial charge in [0.2, 0.25) is 17.2 Å². The highest BCUT2D eigenvalue weighted by Gasteiger charge is 2.19. The van der Waals surface area contributed by atoms with E-state index in [9.17, 15) is 9.59 Å². The van der Waals surface area contributed by atoms with Gasteiger partial charge in [0.1, 0.15) is 23.5 Å². The van der Waals surface area contributed by atoms with Gasteiger partial charge in [-0.3, -0.25) is 9.59 Å². The topological polar surface area (TPSA) is 116 Å². The predicted octanol–water partition coefficient (Wildman–Crippen LogP) is 3.64. The van der Waals surface area contributed by atoms with Crippen LogP contribution in [0.25, 0.3) is 33.9 Å². The molecule has 5 rings (SSSR count). The van der Waals surface area contributed by atoms with Crippen molar-refractivity contribution in [3.63, 3.8) is 0 Å². The number of fused-ring (bicyclic) bond motifs is 1. The van der Waals surface area contributed by atoms with Gasteiger partial charge in [0.15, 0.2) is 0 Å². The Labute approximate surface area is 194 Å². The van der Waals surface area contributed by atoms with Crippen LogP contribution in [0.1, 0.15) is 17.0 Å². The molecular weight excluding hydrogens is 434 g/mol. The maximum atomic E-state index is 13.3. The molecule has 0 saturated heterocycles. The highest BCUT2D eigenvalue weighted by atomic mass is 16.5. The van der Waals surface area contributed by atoms with Crippen molar-refractivity contribution in [3.8, 4) is 22.8 Å². The number of rotatable bonds is 6. The Morgan fingerprint density at radius 2 is 1.88 bits per heavy atom. The van der Waals surface area contributed by atoms with Crippen LogP contribution in [0, 0.1) is 13.8 Å². The summed E-state index contributed by atoms with van der Waals surface area (Å²) in [5, 5.41) is 7.23. The fraction of sp³-hybridized carbons (Fsp3) is 0.160. The number of furan rings is 1. The molecule has 170 valence electrons. The first-order valence-electron chi connectivity index (χ1n) is 10.7. The molecule has 1 N–H and O–H groups in total. The van der Waals surface area contributed by atoms with Crippen LogP contribution in [0.5, 0.6) is 0 Å². The van der Waals surface area contributed by atoms with Gasteiger partial charge in [-0.1, -0.05) is 29.4 Å². The molecule has 0 aliphatic carbocycles. The molecular formula is C25H21N5O4. The molecule has 1 aromatic carbocycles. The molecule has 0 saturated carbocycles. The maximum absolute atomic E-state index is 13.3. The van der Waals surface area contributed by atoms with Crippen molar-refractivity contribution in [2.24, 2.45) is 0 Å². The highest BCUT2D eigenvalue weighted by molar-refractivity contribution is 5.83. The van der Waals surface area contributed by atoms with Crippen LogP contribution in [0.15, 0.2) is 74.7 Å². The van der Waals surface area contributed by atoms with Crippen molar-refractivity contribution in [1.82, 2.24) is 25.0 Å². The molecule has 0 bridgehead atoms. The zero-order chi connectivity index (χ0) is 23.7. The number of nitrogens with one attached hydrogen (secondary N) is 1. The zero-order valence-corrected chi connectivity index (χ0v) is 18.6. The molecule has 0 aliphatic heterocycles. The summed E-state index contributed by atoms with van der Waals surface area (Å²) in [4.78, 5) is 34.9. The van der Waals surface area contributed by atoms with E-state index < -0.39 is 0 Å². The minimum Gasteiger partial charge on any atom is -0.467 e. The van der Waals surface area contributed by atoms with Gasteiger partial charge in [0.25, 0.3) is 5.89 Å². The van der Waals surface area contributed by atoms with Gasteiger partial charge in [-0.15, -0.1) is 0 Å². The first-order chi connectivity index (χ1) is 16.5. The number of carbonyl (C=O) groups is 1. The first-order valence-corrected chi connectivity index (χ1v) is 10.7. The van der Waals surface area contributed by atoms with E-state index in [1.54, 1.807) is 41.3 Å². The van der Waals surface area contributed by atoms with Crippen molar-refractivity contribution >= 4 is 16.9 Å². The molecule has 0 unspecified atom stereocenters. The van der Waals surface area contributed by atoms with Gasteiger partial charge in [0.05, 0.1) is 18.2 Å². The van der Waals surface area contributed by atoms with Crippen LogP contribution in [-0.2, 0) is 17.9 Å². The second-order valence-corrected chi connectivity index (χ2v) is 7.92. The molecule has 5 aromatic rings. The molecule has 1 amide bonds. The quantitative estimate of drug-likeness (QED) is 0.415. The molecule has 0 atom stereocenters. The molecule has 4 aromatic heterocycles. The number of aromatic nitrogens is 4. The van der Waals surface area contributed by atoms with Crippen LogP contribution in [0.2, 0.25) is 0 Å². The fourth-order valence-corrected chi connectivity index (χ4v) is 3.71. The second kappa shape index (κ2) is 8.78. The molecule has 4 heterocycles. The van der Waals surface area contributed by atoms with Crippen LogP contribution in [-0.4, -0.2) is 25.6 Å². The maximum Gasteiger partial charge on any atom is 0.263 e. The van der Waals surface area contributed by atoms with E-state index >= 15 is 0 Å². The van der Waals surface area contributed by atoms with Crippen molar-refractivity contribution in [3.05, 3.63) is 88.2 Å². The van der Waals surface area contributed by atoms with Crippen molar-refractivity contribution < 1.29 is 13.7 Å². The Morgan fingerprint density at radius 1 is 1.03 bits per heavy atom. The third kappa shape index (κ3) is 4.11. The average molecular weight is 455 g/mol. The number of aryl methyl sites for hydroxylation is 2. The van der Waals surface area contributed by atoms with Crippen LogP contribution < -0.4 is 10.7 Å². The molecule has 0 aliphatic rings. The summed E-state index contributed by atoms with van der Waals surface area (Å²) in [6, 6.07) is 14.6. The third-order valence-corrected chi connectivity index (χ3v) is 5.46. The van der Waals surface area contributed by atoms with Crippen LogP contribution >= 0.6 is 0 Å². The Morgan fingerprint density at radius 3 is 2.68 bits per heavy atom. The van der Waals surface area contributed by atoms with E-state index in [1.165, 1.54) is 0 Å². The standard InChI is InChI=1S/C25H21N5O4/c1-15-6-3-4-8-18(15)23-28-25(34-29-23)20-13-30(14-21(31)26-12-17-7-5-11-33-17)24-19(22(20)32)10-9-16(2)27-24/h3-11,13H,12,14H2,1-2H3,(H,26,31). The predicted molar refractivity (Wildman–Crippen MR) is 125 cm³/mol. The number of hydrogen-bond donors (Lipinski definition) is 1. The van der Waals surface area contributed by atoms with Gasteiger partial charge in [-0.05, 0) is 43.7 Å². The van der Waals surface area contributed by atoms with Gasteiger partial charge in [-0.25, -0.2) is 4.98 Å². The molecule has 0 radical (unpaired) electrons. The summed E-state index contributed by atoms with van der Waals surface area (Å²) in [5.74, 6) is 0.844. The number of nitrogens with zero attached hydrogens (tertiary/aromatic N) is 4. The fourth-order valence-electron chi connectivity index (χ4n) is 3.71. The number of carbonyl (C=O) groups excluding carboxylic acids is 1. The minimum atomic E-state index is -0.297. The summed E-state index contributed by atoms with van der Waals surface area (Å²) in [5.41, 5.74) is 2.83. The van der Waals surface area contributed by atoms with E-state index in [4.69, 9.17) is 8.94 Å². The lowest BCUT2D eigenvalue weighted by atomic mass is 10.1. The molecule has 0 fully saturated rings. The minimum absolute atomic E-state index is 0.0558. The Kier molecular flexibility index (Phi) is 5.51. The van der Waals surface area contributed by atoms with E-state index in [0.29, 0.717) is 22.6 Å².